The molecular formula is C19H20ClN3O3. The van der Waals surface area contributed by atoms with Crippen molar-refractivity contribution in [2.45, 2.75) is 18.9 Å². The lowest BCUT2D eigenvalue weighted by Crippen LogP contribution is -2.39. The number of hydrogen-bond acceptors (Lipinski definition) is 4. The summed E-state index contributed by atoms with van der Waals surface area (Å²) in [7, 11) is 1.62. The van der Waals surface area contributed by atoms with Crippen LogP contribution in [0.3, 0.4) is 0 Å². The molecule has 0 spiro atoms. The van der Waals surface area contributed by atoms with Crippen LogP contribution in [0, 0.1) is 0 Å². The summed E-state index contributed by atoms with van der Waals surface area (Å²) in [5, 5.41) is 3.38. The van der Waals surface area contributed by atoms with Crippen LogP contribution in [0.15, 0.2) is 42.7 Å². The lowest BCUT2D eigenvalue weighted by Gasteiger charge is -2.19. The molecular weight excluding hydrogens is 354 g/mol. The van der Waals surface area contributed by atoms with E-state index in [2.05, 4.69) is 10.3 Å². The normalized spacial score (nSPS) is 19.3. The number of nitrogens with zero attached hydrogens (tertiary/aromatic N) is 2. The van der Waals surface area contributed by atoms with E-state index < -0.39 is 0 Å². The van der Waals surface area contributed by atoms with Gasteiger partial charge in [0.1, 0.15) is 5.75 Å². The van der Waals surface area contributed by atoms with Crippen molar-refractivity contribution < 1.29 is 14.3 Å². The van der Waals surface area contributed by atoms with Crippen LogP contribution in [0.1, 0.15) is 28.8 Å². The largest absolute Gasteiger partial charge is 0.497 e. The molecule has 0 radical (unpaired) electrons. The van der Waals surface area contributed by atoms with Crippen LogP contribution in [0.4, 0.5) is 0 Å². The van der Waals surface area contributed by atoms with Gasteiger partial charge in [0.2, 0.25) is 5.91 Å². The molecule has 136 valence electrons. The maximum Gasteiger partial charge on any atom is 0.255 e. The number of amides is 2. The second-order valence-electron chi connectivity index (χ2n) is 6.29. The van der Waals surface area contributed by atoms with Gasteiger partial charge >= 0.3 is 0 Å². The second-order valence-corrected chi connectivity index (χ2v) is 6.73. The summed E-state index contributed by atoms with van der Waals surface area (Å²) in [5.74, 6) is 0.500. The molecule has 2 atom stereocenters. The summed E-state index contributed by atoms with van der Waals surface area (Å²) in [5.41, 5.74) is 1.48. The Morgan fingerprint density at radius 2 is 1.96 bits per heavy atom. The molecule has 0 saturated carbocycles. The zero-order valence-electron chi connectivity index (χ0n) is 14.6. The highest BCUT2D eigenvalue weighted by atomic mass is 35.5. The van der Waals surface area contributed by atoms with Crippen LogP contribution in [0.5, 0.6) is 5.75 Å². The molecule has 1 aromatic heterocycles. The lowest BCUT2D eigenvalue weighted by atomic mass is 9.94. The van der Waals surface area contributed by atoms with Crippen LogP contribution in [-0.2, 0) is 4.79 Å². The predicted molar refractivity (Wildman–Crippen MR) is 98.5 cm³/mol. The Balaban J connectivity index is 1.83. The maximum atomic E-state index is 12.8. The van der Waals surface area contributed by atoms with Crippen molar-refractivity contribution in [3.8, 4) is 5.75 Å². The summed E-state index contributed by atoms with van der Waals surface area (Å²) >= 11 is 5.94. The van der Waals surface area contributed by atoms with Gasteiger partial charge in [-0.1, -0.05) is 23.7 Å². The van der Waals surface area contributed by atoms with Crippen molar-refractivity contribution in [1.29, 1.82) is 0 Å². The first-order valence-electron chi connectivity index (χ1n) is 8.29. The first-order valence-corrected chi connectivity index (χ1v) is 8.66. The fourth-order valence-electron chi connectivity index (χ4n) is 3.28. The van der Waals surface area contributed by atoms with E-state index in [4.69, 9.17) is 16.3 Å². The number of rotatable bonds is 4. The van der Waals surface area contributed by atoms with Crippen molar-refractivity contribution in [2.24, 2.45) is 0 Å². The zero-order valence-corrected chi connectivity index (χ0v) is 15.4. The first-order chi connectivity index (χ1) is 12.5. The van der Waals surface area contributed by atoms with Gasteiger partial charge in [-0.2, -0.15) is 0 Å². The summed E-state index contributed by atoms with van der Waals surface area (Å²) in [4.78, 5) is 30.1. The maximum absolute atomic E-state index is 12.8. The zero-order chi connectivity index (χ0) is 18.7. The number of methoxy groups -OCH3 is 1. The molecule has 0 bridgehead atoms. The number of likely N-dealkylation sites (tertiary alicyclic amines) is 1. The number of halogens is 1. The van der Waals surface area contributed by atoms with Gasteiger partial charge in [-0.15, -0.1) is 0 Å². The molecule has 1 aromatic carbocycles. The van der Waals surface area contributed by atoms with Crippen LogP contribution in [0.2, 0.25) is 5.02 Å². The molecule has 1 saturated heterocycles. The number of nitrogens with one attached hydrogen (secondary N) is 1. The van der Waals surface area contributed by atoms with E-state index in [0.717, 1.165) is 11.3 Å². The quantitative estimate of drug-likeness (QED) is 0.893. The van der Waals surface area contributed by atoms with Crippen molar-refractivity contribution >= 4 is 23.4 Å². The van der Waals surface area contributed by atoms with E-state index in [9.17, 15) is 9.59 Å². The molecule has 0 aliphatic carbocycles. The molecule has 7 heteroatoms. The summed E-state index contributed by atoms with van der Waals surface area (Å²) < 4.78 is 5.20. The highest BCUT2D eigenvalue weighted by Crippen LogP contribution is 2.30. The highest BCUT2D eigenvalue weighted by Gasteiger charge is 2.37. The Morgan fingerprint density at radius 1 is 1.23 bits per heavy atom. The van der Waals surface area contributed by atoms with Gasteiger partial charge in [0.05, 0.1) is 23.7 Å². The molecule has 6 nitrogen and oxygen atoms in total. The standard InChI is InChI=1S/C19H20ClN3O3/c1-12(24)22-18-11-23(19(25)14-7-15(20)9-21-8-14)10-17(18)13-3-5-16(26-2)6-4-13/h3-9,17-18H,10-11H2,1-2H3,(H,22,24). The monoisotopic (exact) mass is 373 g/mol. The smallest absolute Gasteiger partial charge is 0.255 e. The van der Waals surface area contributed by atoms with E-state index in [1.54, 1.807) is 18.1 Å². The fraction of sp³-hybridized carbons (Fsp3) is 0.316. The Kier molecular flexibility index (Phi) is 5.42. The van der Waals surface area contributed by atoms with Crippen molar-refractivity contribution in [3.63, 3.8) is 0 Å². The van der Waals surface area contributed by atoms with Gasteiger partial charge in [-0.05, 0) is 23.8 Å². The summed E-state index contributed by atoms with van der Waals surface area (Å²) in [6, 6.07) is 9.14. The van der Waals surface area contributed by atoms with Gasteiger partial charge in [-0.3, -0.25) is 14.6 Å². The van der Waals surface area contributed by atoms with Gasteiger partial charge in [0.15, 0.2) is 0 Å². The highest BCUT2D eigenvalue weighted by molar-refractivity contribution is 6.30. The molecule has 1 N–H and O–H groups in total. The van der Waals surface area contributed by atoms with Crippen LogP contribution >= 0.6 is 11.6 Å². The summed E-state index contributed by atoms with van der Waals surface area (Å²) in [6.07, 6.45) is 2.99. The minimum atomic E-state index is -0.156. The molecule has 3 rings (SSSR count). The molecule has 2 heterocycles. The van der Waals surface area contributed by atoms with Gasteiger partial charge in [0.25, 0.3) is 5.91 Å². The van der Waals surface area contributed by atoms with Crippen molar-refractivity contribution in [3.05, 3.63) is 58.9 Å². The number of benzene rings is 1. The topological polar surface area (TPSA) is 71.5 Å². The SMILES string of the molecule is COc1ccc(C2CN(C(=O)c3cncc(Cl)c3)CC2NC(C)=O)cc1. The van der Waals surface area contributed by atoms with Crippen molar-refractivity contribution in [2.75, 3.05) is 20.2 Å². The molecule has 1 aliphatic heterocycles. The van der Waals surface area contributed by atoms with E-state index in [-0.39, 0.29) is 23.8 Å². The lowest BCUT2D eigenvalue weighted by molar-refractivity contribution is -0.119. The molecule has 1 aliphatic rings. The van der Waals surface area contributed by atoms with Gasteiger partial charge < -0.3 is 15.0 Å². The third-order valence-corrected chi connectivity index (χ3v) is 4.70. The fourth-order valence-corrected chi connectivity index (χ4v) is 3.45. The van der Waals surface area contributed by atoms with Crippen molar-refractivity contribution in [1.82, 2.24) is 15.2 Å². The van der Waals surface area contributed by atoms with Crippen LogP contribution < -0.4 is 10.1 Å². The van der Waals surface area contributed by atoms with Gasteiger partial charge in [0, 0.05) is 38.3 Å². The van der Waals surface area contributed by atoms with Crippen LogP contribution in [0.25, 0.3) is 0 Å². The average molecular weight is 374 g/mol. The molecule has 26 heavy (non-hydrogen) atoms. The molecule has 2 aromatic rings. The Labute approximate surface area is 157 Å². The number of aromatic nitrogens is 1. The third-order valence-electron chi connectivity index (χ3n) is 4.49. The molecule has 1 fully saturated rings. The minimum absolute atomic E-state index is 0.000833. The van der Waals surface area contributed by atoms with E-state index in [0.29, 0.717) is 23.7 Å². The Morgan fingerprint density at radius 3 is 2.58 bits per heavy atom. The number of ether oxygens (including phenoxy) is 1. The predicted octanol–water partition coefficient (Wildman–Crippen LogP) is 2.49. The Bertz CT molecular complexity index is 810. The minimum Gasteiger partial charge on any atom is -0.497 e. The molecule has 2 unspecified atom stereocenters. The van der Waals surface area contributed by atoms with E-state index >= 15 is 0 Å². The Hall–Kier alpha value is -2.60. The number of carbonyl (C=O) groups excluding carboxylic acids is 2. The molecule has 2 amide bonds. The number of hydrogen-bond donors (Lipinski definition) is 1. The number of pyridine rings is 1. The third kappa shape index (κ3) is 3.96. The summed E-state index contributed by atoms with van der Waals surface area (Å²) in [6.45, 7) is 2.42. The average Bonchev–Trinajstić information content (AvgIpc) is 3.04. The van der Waals surface area contributed by atoms with Gasteiger partial charge in [-0.25, -0.2) is 0 Å². The van der Waals surface area contributed by atoms with E-state index in [1.165, 1.54) is 19.3 Å². The van der Waals surface area contributed by atoms with E-state index in [1.807, 2.05) is 24.3 Å². The second kappa shape index (κ2) is 7.74. The number of carbonyl (C=O) groups is 2. The first kappa shape index (κ1) is 18.2. The van der Waals surface area contributed by atoms with Crippen LogP contribution in [-0.4, -0.2) is 47.9 Å².